The summed E-state index contributed by atoms with van der Waals surface area (Å²) in [5.74, 6) is 0. The first-order valence-electron chi connectivity index (χ1n) is 6.10. The van der Waals surface area contributed by atoms with Crippen molar-refractivity contribution in [2.24, 2.45) is 7.05 Å². The van der Waals surface area contributed by atoms with Gasteiger partial charge in [0.25, 0.3) is 5.56 Å². The summed E-state index contributed by atoms with van der Waals surface area (Å²) in [6.45, 7) is 0. The van der Waals surface area contributed by atoms with Crippen LogP contribution in [0.15, 0.2) is 41.3 Å². The highest BCUT2D eigenvalue weighted by Gasteiger charge is 2.15. The molecule has 0 unspecified atom stereocenters. The summed E-state index contributed by atoms with van der Waals surface area (Å²) in [5, 5.41) is 11.4. The lowest BCUT2D eigenvalue weighted by Crippen LogP contribution is -2.15. The molecule has 20 heavy (non-hydrogen) atoms. The van der Waals surface area contributed by atoms with Crippen molar-refractivity contribution < 1.29 is 0 Å². The Labute approximate surface area is 112 Å². The van der Waals surface area contributed by atoms with Crippen molar-refractivity contribution in [2.75, 3.05) is 0 Å². The van der Waals surface area contributed by atoms with Crippen LogP contribution in [0.4, 0.5) is 0 Å². The predicted molar refractivity (Wildman–Crippen MR) is 73.3 cm³/mol. The summed E-state index contributed by atoms with van der Waals surface area (Å²) in [6.07, 6.45) is 1.51. The zero-order valence-electron chi connectivity index (χ0n) is 10.6. The third kappa shape index (κ3) is 1.34. The topological polar surface area (TPSA) is 80.9 Å². The van der Waals surface area contributed by atoms with Gasteiger partial charge in [0, 0.05) is 12.6 Å². The summed E-state index contributed by atoms with van der Waals surface area (Å²) in [7, 11) is 1.76. The van der Waals surface area contributed by atoms with Crippen molar-refractivity contribution >= 4 is 16.7 Å². The van der Waals surface area contributed by atoms with Gasteiger partial charge in [-0.05, 0) is 0 Å². The Balaban J connectivity index is 2.15. The number of fused-ring (bicyclic) bond motifs is 2. The third-order valence-corrected chi connectivity index (χ3v) is 3.29. The SMILES string of the molecule is Cn1ncc2c(=O)n3[nH]nc(-c4ccccc4)c3nc21. The average molecular weight is 266 g/mol. The Bertz CT molecular complexity index is 979. The van der Waals surface area contributed by atoms with Gasteiger partial charge in [0.2, 0.25) is 0 Å². The fourth-order valence-corrected chi connectivity index (χ4v) is 2.27. The average Bonchev–Trinajstić information content (AvgIpc) is 3.06. The van der Waals surface area contributed by atoms with Crippen LogP contribution in [0, 0.1) is 0 Å². The van der Waals surface area contributed by atoms with E-state index in [1.165, 1.54) is 10.7 Å². The number of hydrogen-bond donors (Lipinski definition) is 1. The van der Waals surface area contributed by atoms with E-state index >= 15 is 0 Å². The van der Waals surface area contributed by atoms with Crippen molar-refractivity contribution in [1.29, 1.82) is 0 Å². The monoisotopic (exact) mass is 266 g/mol. The van der Waals surface area contributed by atoms with E-state index in [2.05, 4.69) is 20.4 Å². The maximum absolute atomic E-state index is 12.3. The number of aromatic nitrogens is 6. The lowest BCUT2D eigenvalue weighted by atomic mass is 10.2. The second-order valence-electron chi connectivity index (χ2n) is 4.51. The summed E-state index contributed by atoms with van der Waals surface area (Å²) in [6, 6.07) is 9.62. The summed E-state index contributed by atoms with van der Waals surface area (Å²) < 4.78 is 2.92. The largest absolute Gasteiger partial charge is 0.285 e. The van der Waals surface area contributed by atoms with Crippen LogP contribution < -0.4 is 5.56 Å². The molecule has 0 fully saturated rings. The summed E-state index contributed by atoms with van der Waals surface area (Å²) in [4.78, 5) is 16.8. The van der Waals surface area contributed by atoms with E-state index in [-0.39, 0.29) is 5.56 Å². The number of nitrogens with one attached hydrogen (secondary N) is 1. The minimum absolute atomic E-state index is 0.201. The van der Waals surface area contributed by atoms with Gasteiger partial charge in [-0.2, -0.15) is 14.7 Å². The smallest absolute Gasteiger partial charge is 0.266 e. The van der Waals surface area contributed by atoms with E-state index in [9.17, 15) is 4.79 Å². The van der Waals surface area contributed by atoms with Crippen LogP contribution in [-0.4, -0.2) is 29.6 Å². The van der Waals surface area contributed by atoms with Crippen molar-refractivity contribution in [3.63, 3.8) is 0 Å². The van der Waals surface area contributed by atoms with Crippen molar-refractivity contribution in [2.45, 2.75) is 0 Å². The molecule has 0 atom stereocenters. The van der Waals surface area contributed by atoms with E-state index in [1.54, 1.807) is 11.7 Å². The zero-order chi connectivity index (χ0) is 13.7. The number of nitrogens with zero attached hydrogens (tertiary/aromatic N) is 5. The van der Waals surface area contributed by atoms with Gasteiger partial charge in [-0.15, -0.1) is 0 Å². The normalized spacial score (nSPS) is 11.4. The second-order valence-corrected chi connectivity index (χ2v) is 4.51. The maximum Gasteiger partial charge on any atom is 0.285 e. The van der Waals surface area contributed by atoms with Crippen LogP contribution in [0.2, 0.25) is 0 Å². The molecule has 1 N–H and O–H groups in total. The minimum Gasteiger partial charge on any atom is -0.266 e. The molecule has 4 rings (SSSR count). The molecule has 3 heterocycles. The van der Waals surface area contributed by atoms with Crippen LogP contribution in [-0.2, 0) is 7.05 Å². The Morgan fingerprint density at radius 2 is 1.95 bits per heavy atom. The van der Waals surface area contributed by atoms with E-state index < -0.39 is 0 Å². The quantitative estimate of drug-likeness (QED) is 0.556. The first-order valence-corrected chi connectivity index (χ1v) is 6.10. The van der Waals surface area contributed by atoms with Gasteiger partial charge < -0.3 is 0 Å². The first kappa shape index (κ1) is 10.9. The number of aryl methyl sites for hydroxylation is 1. The molecule has 0 aliphatic carbocycles. The van der Waals surface area contributed by atoms with Gasteiger partial charge >= 0.3 is 0 Å². The third-order valence-electron chi connectivity index (χ3n) is 3.29. The van der Waals surface area contributed by atoms with E-state index in [4.69, 9.17) is 0 Å². The standard InChI is InChI=1S/C13H10N6O/c1-18-11-9(7-14-18)13(20)19-12(15-11)10(16-17-19)8-5-3-2-4-6-8/h2-7,17H,1H3. The predicted octanol–water partition coefficient (Wildman–Crippen LogP) is 0.971. The molecule has 7 nitrogen and oxygen atoms in total. The van der Waals surface area contributed by atoms with Crippen LogP contribution in [0.25, 0.3) is 27.9 Å². The molecule has 0 saturated carbocycles. The Morgan fingerprint density at radius 1 is 1.15 bits per heavy atom. The van der Waals surface area contributed by atoms with Crippen LogP contribution in [0.1, 0.15) is 0 Å². The maximum atomic E-state index is 12.3. The molecular weight excluding hydrogens is 256 g/mol. The fraction of sp³-hybridized carbons (Fsp3) is 0.0769. The molecule has 0 radical (unpaired) electrons. The highest BCUT2D eigenvalue weighted by Crippen LogP contribution is 2.20. The number of rotatable bonds is 1. The molecule has 7 heteroatoms. The Morgan fingerprint density at radius 3 is 2.75 bits per heavy atom. The Hall–Kier alpha value is -2.96. The number of aromatic amines is 1. The van der Waals surface area contributed by atoms with Crippen LogP contribution >= 0.6 is 0 Å². The number of H-pyrrole nitrogens is 1. The highest BCUT2D eigenvalue weighted by atomic mass is 16.1. The van der Waals surface area contributed by atoms with Gasteiger partial charge in [-0.1, -0.05) is 30.3 Å². The van der Waals surface area contributed by atoms with Crippen molar-refractivity contribution in [3.8, 4) is 11.3 Å². The van der Waals surface area contributed by atoms with Gasteiger partial charge in [0.05, 0.1) is 6.20 Å². The first-order chi connectivity index (χ1) is 9.75. The molecule has 0 aliphatic heterocycles. The highest BCUT2D eigenvalue weighted by molar-refractivity contribution is 5.80. The fourth-order valence-electron chi connectivity index (χ4n) is 2.27. The molecule has 0 bridgehead atoms. The Kier molecular flexibility index (Phi) is 2.06. The van der Waals surface area contributed by atoms with E-state index in [1.807, 2.05) is 30.3 Å². The van der Waals surface area contributed by atoms with Crippen LogP contribution in [0.5, 0.6) is 0 Å². The van der Waals surface area contributed by atoms with Gasteiger partial charge in [0.1, 0.15) is 11.1 Å². The molecule has 0 saturated heterocycles. The zero-order valence-corrected chi connectivity index (χ0v) is 10.6. The summed E-state index contributed by atoms with van der Waals surface area (Å²) >= 11 is 0. The number of benzene rings is 1. The minimum atomic E-state index is -0.201. The molecule has 3 aromatic heterocycles. The summed E-state index contributed by atoms with van der Waals surface area (Å²) in [5.41, 5.74) is 2.39. The van der Waals surface area contributed by atoms with Crippen molar-refractivity contribution in [1.82, 2.24) is 29.6 Å². The molecule has 0 aliphatic rings. The lowest BCUT2D eigenvalue weighted by Gasteiger charge is -1.98. The molecular formula is C13H10N6O. The number of hydrogen-bond acceptors (Lipinski definition) is 4. The molecule has 0 spiro atoms. The van der Waals surface area contributed by atoms with E-state index in [0.29, 0.717) is 22.4 Å². The van der Waals surface area contributed by atoms with Gasteiger partial charge in [-0.3, -0.25) is 9.48 Å². The van der Waals surface area contributed by atoms with Crippen molar-refractivity contribution in [3.05, 3.63) is 46.9 Å². The lowest BCUT2D eigenvalue weighted by molar-refractivity contribution is 0.783. The molecule has 0 amide bonds. The second kappa shape index (κ2) is 3.77. The van der Waals surface area contributed by atoms with E-state index in [0.717, 1.165) is 5.56 Å². The molecule has 1 aromatic carbocycles. The van der Waals surface area contributed by atoms with Crippen LogP contribution in [0.3, 0.4) is 0 Å². The van der Waals surface area contributed by atoms with Gasteiger partial charge in [-0.25, -0.2) is 10.2 Å². The molecule has 4 aromatic rings. The van der Waals surface area contributed by atoms with Gasteiger partial charge in [0.15, 0.2) is 11.3 Å². The molecule has 98 valence electrons.